The van der Waals surface area contributed by atoms with E-state index in [1.807, 2.05) is 0 Å². The van der Waals surface area contributed by atoms with Gasteiger partial charge >= 0.3 is 5.97 Å². The van der Waals surface area contributed by atoms with Crippen LogP contribution in [0.5, 0.6) is 0 Å². The minimum Gasteiger partial charge on any atom is -0.432 e. The Morgan fingerprint density at radius 1 is 0.950 bits per heavy atom. The monoisotopic (exact) mass is 280 g/mol. The molecule has 1 aliphatic carbocycles. The summed E-state index contributed by atoms with van der Waals surface area (Å²) in [7, 11) is 0. The largest absolute Gasteiger partial charge is 0.432 e. The summed E-state index contributed by atoms with van der Waals surface area (Å²) in [6.07, 6.45) is 17.6. The van der Waals surface area contributed by atoms with E-state index >= 15 is 0 Å². The van der Waals surface area contributed by atoms with Crippen molar-refractivity contribution in [1.29, 1.82) is 0 Å². The van der Waals surface area contributed by atoms with Crippen LogP contribution in [0.3, 0.4) is 0 Å². The Morgan fingerprint density at radius 3 is 2.00 bits per heavy atom. The molecule has 2 heteroatoms. The third-order valence-corrected chi connectivity index (χ3v) is 4.08. The fraction of sp³-hybridized carbons (Fsp3) is 0.833. The lowest BCUT2D eigenvalue weighted by Crippen LogP contribution is -2.02. The van der Waals surface area contributed by atoms with Crippen LogP contribution in [0.2, 0.25) is 0 Å². The highest BCUT2D eigenvalue weighted by molar-refractivity contribution is 5.67. The normalized spacial score (nSPS) is 26.7. The molecule has 1 aliphatic rings. The molecular formula is C18H32O2. The maximum atomic E-state index is 11.2. The minimum atomic E-state index is -0.179. The molecule has 0 aromatic heterocycles. The van der Waals surface area contributed by atoms with Gasteiger partial charge in [0.25, 0.3) is 0 Å². The standard InChI is InChI=1S/C18H32O2/c1-16-13-11-9-7-5-3-4-6-8-10-12-14-18(15-16)20-17(2)19/h15-16H,3-14H2,1-2H3/b18-15+/t16-/m1/s1. The number of allylic oxidation sites excluding steroid dienone is 2. The van der Waals surface area contributed by atoms with E-state index in [0.29, 0.717) is 5.92 Å². The molecule has 0 heterocycles. The third kappa shape index (κ3) is 9.17. The average molecular weight is 280 g/mol. The topological polar surface area (TPSA) is 26.3 Å². The highest BCUT2D eigenvalue weighted by Crippen LogP contribution is 2.20. The molecule has 0 aliphatic heterocycles. The molecule has 0 aromatic rings. The Labute approximate surface area is 125 Å². The van der Waals surface area contributed by atoms with Gasteiger partial charge in [0.1, 0.15) is 5.76 Å². The molecule has 0 saturated carbocycles. The van der Waals surface area contributed by atoms with Crippen LogP contribution in [0.15, 0.2) is 11.8 Å². The zero-order valence-corrected chi connectivity index (χ0v) is 13.5. The SMILES string of the molecule is CC(=O)O/C1=C/[C@H](C)CCCCCCCCCCCC1. The summed E-state index contributed by atoms with van der Waals surface area (Å²) >= 11 is 0. The maximum absolute atomic E-state index is 11.2. The van der Waals surface area contributed by atoms with E-state index in [1.165, 1.54) is 71.1 Å². The van der Waals surface area contributed by atoms with Crippen LogP contribution in [0.1, 0.15) is 90.9 Å². The summed E-state index contributed by atoms with van der Waals surface area (Å²) in [5, 5.41) is 0. The average Bonchev–Trinajstić information content (AvgIpc) is 2.39. The molecule has 0 amide bonds. The molecule has 1 rings (SSSR count). The first-order chi connectivity index (χ1) is 9.68. The van der Waals surface area contributed by atoms with Crippen LogP contribution < -0.4 is 0 Å². The van der Waals surface area contributed by atoms with Gasteiger partial charge in [0.2, 0.25) is 0 Å². The van der Waals surface area contributed by atoms with Gasteiger partial charge in [0.05, 0.1) is 0 Å². The summed E-state index contributed by atoms with van der Waals surface area (Å²) in [4.78, 5) is 11.2. The quantitative estimate of drug-likeness (QED) is 0.570. The van der Waals surface area contributed by atoms with E-state index in [-0.39, 0.29) is 5.97 Å². The van der Waals surface area contributed by atoms with Crippen molar-refractivity contribution < 1.29 is 9.53 Å². The Hall–Kier alpha value is -0.790. The second-order valence-corrected chi connectivity index (χ2v) is 6.28. The zero-order chi connectivity index (χ0) is 14.6. The molecule has 0 saturated heterocycles. The summed E-state index contributed by atoms with van der Waals surface area (Å²) in [5.41, 5.74) is 0. The number of esters is 1. The summed E-state index contributed by atoms with van der Waals surface area (Å²) in [6, 6.07) is 0. The number of carbonyl (C=O) groups is 1. The van der Waals surface area contributed by atoms with Crippen LogP contribution in [0.4, 0.5) is 0 Å². The number of hydrogen-bond acceptors (Lipinski definition) is 2. The van der Waals surface area contributed by atoms with Gasteiger partial charge in [-0.15, -0.1) is 0 Å². The number of rotatable bonds is 1. The van der Waals surface area contributed by atoms with E-state index in [1.54, 1.807) is 0 Å². The lowest BCUT2D eigenvalue weighted by molar-refractivity contribution is -0.137. The summed E-state index contributed by atoms with van der Waals surface area (Å²) < 4.78 is 5.37. The molecule has 0 radical (unpaired) electrons. The van der Waals surface area contributed by atoms with Gasteiger partial charge in [0.15, 0.2) is 0 Å². The van der Waals surface area contributed by atoms with Gasteiger partial charge in [-0.3, -0.25) is 4.79 Å². The molecule has 0 N–H and O–H groups in total. The van der Waals surface area contributed by atoms with E-state index in [9.17, 15) is 4.79 Å². The first-order valence-corrected chi connectivity index (χ1v) is 8.57. The third-order valence-electron chi connectivity index (χ3n) is 4.08. The van der Waals surface area contributed by atoms with Crippen LogP contribution in [-0.4, -0.2) is 5.97 Å². The van der Waals surface area contributed by atoms with Crippen LogP contribution in [0.25, 0.3) is 0 Å². The highest BCUT2D eigenvalue weighted by atomic mass is 16.5. The van der Waals surface area contributed by atoms with E-state index in [4.69, 9.17) is 4.74 Å². The minimum absolute atomic E-state index is 0.179. The fourth-order valence-corrected chi connectivity index (χ4v) is 2.93. The Kier molecular flexibility index (Phi) is 9.44. The molecule has 0 fully saturated rings. The maximum Gasteiger partial charge on any atom is 0.307 e. The van der Waals surface area contributed by atoms with E-state index < -0.39 is 0 Å². The van der Waals surface area contributed by atoms with Gasteiger partial charge in [-0.25, -0.2) is 0 Å². The summed E-state index contributed by atoms with van der Waals surface area (Å²) in [5.74, 6) is 1.25. The number of hydrogen-bond donors (Lipinski definition) is 0. The van der Waals surface area contributed by atoms with Crippen molar-refractivity contribution in [3.63, 3.8) is 0 Å². The van der Waals surface area contributed by atoms with Gasteiger partial charge < -0.3 is 4.74 Å². The molecule has 2 nitrogen and oxygen atoms in total. The second-order valence-electron chi connectivity index (χ2n) is 6.28. The zero-order valence-electron chi connectivity index (χ0n) is 13.5. The van der Waals surface area contributed by atoms with Crippen LogP contribution >= 0.6 is 0 Å². The van der Waals surface area contributed by atoms with Crippen molar-refractivity contribution in [2.24, 2.45) is 5.92 Å². The molecule has 1 atom stereocenters. The lowest BCUT2D eigenvalue weighted by Gasteiger charge is -2.11. The van der Waals surface area contributed by atoms with E-state index in [2.05, 4.69) is 13.0 Å². The summed E-state index contributed by atoms with van der Waals surface area (Å²) in [6.45, 7) is 3.74. The fourth-order valence-electron chi connectivity index (χ4n) is 2.93. The van der Waals surface area contributed by atoms with Crippen LogP contribution in [0, 0.1) is 5.92 Å². The molecule has 0 aromatic carbocycles. The molecular weight excluding hydrogens is 248 g/mol. The smallest absolute Gasteiger partial charge is 0.307 e. The first kappa shape index (κ1) is 17.3. The molecule has 0 bridgehead atoms. The Morgan fingerprint density at radius 2 is 1.45 bits per heavy atom. The molecule has 0 unspecified atom stereocenters. The van der Waals surface area contributed by atoms with Crippen molar-refractivity contribution in [2.75, 3.05) is 0 Å². The second kappa shape index (κ2) is 10.9. The first-order valence-electron chi connectivity index (χ1n) is 8.57. The van der Waals surface area contributed by atoms with Crippen molar-refractivity contribution in [3.05, 3.63) is 11.8 Å². The van der Waals surface area contributed by atoms with Crippen LogP contribution in [-0.2, 0) is 9.53 Å². The highest BCUT2D eigenvalue weighted by Gasteiger charge is 2.07. The van der Waals surface area contributed by atoms with Gasteiger partial charge in [-0.1, -0.05) is 64.7 Å². The van der Waals surface area contributed by atoms with Gasteiger partial charge in [-0.2, -0.15) is 0 Å². The number of carbonyl (C=O) groups excluding carboxylic acids is 1. The van der Waals surface area contributed by atoms with Gasteiger partial charge in [0, 0.05) is 13.3 Å². The van der Waals surface area contributed by atoms with Crippen molar-refractivity contribution in [2.45, 2.75) is 90.9 Å². The van der Waals surface area contributed by atoms with E-state index in [0.717, 1.165) is 18.6 Å². The van der Waals surface area contributed by atoms with Crippen molar-refractivity contribution in [1.82, 2.24) is 0 Å². The van der Waals surface area contributed by atoms with Gasteiger partial charge in [-0.05, 0) is 24.8 Å². The number of ether oxygens (including phenoxy) is 1. The van der Waals surface area contributed by atoms with Crippen molar-refractivity contribution in [3.8, 4) is 0 Å². The van der Waals surface area contributed by atoms with Crippen molar-refractivity contribution >= 4 is 5.97 Å². The molecule has 0 spiro atoms. The molecule has 116 valence electrons. The Bertz CT molecular complexity index is 294. The predicted octanol–water partition coefficient (Wildman–Crippen LogP) is 5.76. The molecule has 20 heavy (non-hydrogen) atoms. The predicted molar refractivity (Wildman–Crippen MR) is 84.4 cm³/mol. The lowest BCUT2D eigenvalue weighted by atomic mass is 10.0. The Balaban J connectivity index is 2.49.